The Hall–Kier alpha value is -4.02. The van der Waals surface area contributed by atoms with Crippen molar-refractivity contribution in [3.63, 3.8) is 0 Å². The van der Waals surface area contributed by atoms with Gasteiger partial charge in [0.15, 0.2) is 0 Å². The van der Waals surface area contributed by atoms with Crippen molar-refractivity contribution >= 4 is 40.6 Å². The molecule has 1 saturated heterocycles. The number of nitrogens with zero attached hydrogens (tertiary/aromatic N) is 2. The molecule has 162 valence electrons. The van der Waals surface area contributed by atoms with E-state index >= 15 is 0 Å². The third-order valence-electron chi connectivity index (χ3n) is 4.68. The maximum Gasteiger partial charge on any atom is 0.322 e. The van der Waals surface area contributed by atoms with E-state index in [1.807, 2.05) is 0 Å². The third-order valence-corrected chi connectivity index (χ3v) is 4.68. The predicted octanol–water partition coefficient (Wildman–Crippen LogP) is 3.33. The Bertz CT molecular complexity index is 1030. The van der Waals surface area contributed by atoms with Crippen molar-refractivity contribution in [2.75, 3.05) is 22.5 Å². The van der Waals surface area contributed by atoms with Crippen LogP contribution in [0.2, 0.25) is 0 Å². The van der Waals surface area contributed by atoms with Crippen LogP contribution in [0.3, 0.4) is 0 Å². The first kappa shape index (κ1) is 21.7. The first-order valence-corrected chi connectivity index (χ1v) is 9.44. The molecule has 1 aliphatic heterocycles. The van der Waals surface area contributed by atoms with Crippen LogP contribution in [-0.2, 0) is 9.59 Å². The Morgan fingerprint density at radius 1 is 1.03 bits per heavy atom. The molecule has 0 spiro atoms. The highest BCUT2D eigenvalue weighted by Crippen LogP contribution is 2.24. The maximum absolute atomic E-state index is 13.5. The summed E-state index contributed by atoms with van der Waals surface area (Å²) in [5.41, 5.74) is 0.384. The fourth-order valence-electron chi connectivity index (χ4n) is 3.27. The summed E-state index contributed by atoms with van der Waals surface area (Å²) in [5.74, 6) is -1.60. The molecular weight excluding hydrogens is 409 g/mol. The molecule has 10 nitrogen and oxygen atoms in total. The number of amides is 4. The smallest absolute Gasteiger partial charge is 0.322 e. The van der Waals surface area contributed by atoms with Crippen molar-refractivity contribution in [1.82, 2.24) is 4.90 Å². The van der Waals surface area contributed by atoms with E-state index in [2.05, 4.69) is 16.0 Å². The van der Waals surface area contributed by atoms with Crippen molar-refractivity contribution in [3.8, 4) is 0 Å². The second kappa shape index (κ2) is 9.20. The fraction of sp³-hybridized carbons (Fsp3) is 0.250. The van der Waals surface area contributed by atoms with Crippen molar-refractivity contribution in [1.29, 1.82) is 0 Å². The molecule has 1 heterocycles. The summed E-state index contributed by atoms with van der Waals surface area (Å²) in [7, 11) is 0. The summed E-state index contributed by atoms with van der Waals surface area (Å²) in [6, 6.07) is 8.21. The summed E-state index contributed by atoms with van der Waals surface area (Å²) < 4.78 is 13.5. The molecule has 3 N–H and O–H groups in total. The van der Waals surface area contributed by atoms with Gasteiger partial charge in [-0.25, -0.2) is 4.79 Å². The summed E-state index contributed by atoms with van der Waals surface area (Å²) >= 11 is 0. The van der Waals surface area contributed by atoms with Gasteiger partial charge in [-0.3, -0.25) is 19.7 Å². The van der Waals surface area contributed by atoms with Crippen LogP contribution >= 0.6 is 0 Å². The van der Waals surface area contributed by atoms with Gasteiger partial charge in [0.1, 0.15) is 6.04 Å². The molecule has 1 fully saturated rings. The summed E-state index contributed by atoms with van der Waals surface area (Å²) in [4.78, 5) is 47.7. The highest BCUT2D eigenvalue weighted by atomic mass is 19.1. The Morgan fingerprint density at radius 3 is 2.26 bits per heavy atom. The Kier molecular flexibility index (Phi) is 6.43. The Balaban J connectivity index is 1.65. The molecule has 4 amide bonds. The summed E-state index contributed by atoms with van der Waals surface area (Å²) in [5, 5.41) is 18.7. The van der Waals surface area contributed by atoms with Gasteiger partial charge in [-0.05, 0) is 49.2 Å². The summed E-state index contributed by atoms with van der Waals surface area (Å²) in [6.07, 6.45) is 1.06. The lowest BCUT2D eigenvalue weighted by atomic mass is 10.2. The number of benzene rings is 2. The third kappa shape index (κ3) is 5.32. The molecule has 0 radical (unpaired) electrons. The van der Waals surface area contributed by atoms with Crippen LogP contribution in [0.5, 0.6) is 0 Å². The number of carbonyl (C=O) groups is 3. The lowest BCUT2D eigenvalue weighted by molar-refractivity contribution is -0.387. The van der Waals surface area contributed by atoms with Gasteiger partial charge >= 0.3 is 11.7 Å². The highest BCUT2D eigenvalue weighted by Gasteiger charge is 2.34. The molecule has 31 heavy (non-hydrogen) atoms. The van der Waals surface area contributed by atoms with Gasteiger partial charge in [0, 0.05) is 36.6 Å². The molecule has 0 aliphatic carbocycles. The number of hydrogen-bond donors (Lipinski definition) is 3. The average molecular weight is 429 g/mol. The predicted molar refractivity (Wildman–Crippen MR) is 111 cm³/mol. The van der Waals surface area contributed by atoms with Gasteiger partial charge in [0.25, 0.3) is 0 Å². The largest absolute Gasteiger partial charge is 0.326 e. The quantitative estimate of drug-likeness (QED) is 0.495. The Morgan fingerprint density at radius 2 is 1.65 bits per heavy atom. The average Bonchev–Trinajstić information content (AvgIpc) is 3.20. The minimum Gasteiger partial charge on any atom is -0.326 e. The van der Waals surface area contributed by atoms with Crippen LogP contribution < -0.4 is 16.0 Å². The number of nitro groups is 1. The van der Waals surface area contributed by atoms with E-state index in [0.29, 0.717) is 30.8 Å². The van der Waals surface area contributed by atoms with Crippen LogP contribution in [0, 0.1) is 15.9 Å². The number of hydrogen-bond acceptors (Lipinski definition) is 5. The molecular formula is C20H20FN5O5. The number of rotatable bonds is 5. The minimum atomic E-state index is -1.01. The van der Waals surface area contributed by atoms with Crippen molar-refractivity contribution in [2.24, 2.45) is 0 Å². The molecule has 0 unspecified atom stereocenters. The molecule has 11 heteroatoms. The monoisotopic (exact) mass is 429 g/mol. The lowest BCUT2D eigenvalue weighted by Gasteiger charge is -2.24. The molecule has 0 aromatic heterocycles. The van der Waals surface area contributed by atoms with E-state index in [4.69, 9.17) is 0 Å². The van der Waals surface area contributed by atoms with Crippen molar-refractivity contribution < 1.29 is 23.7 Å². The van der Waals surface area contributed by atoms with Crippen LogP contribution in [0.1, 0.15) is 19.8 Å². The minimum absolute atomic E-state index is 0.0534. The maximum atomic E-state index is 13.5. The van der Waals surface area contributed by atoms with Gasteiger partial charge in [-0.15, -0.1) is 0 Å². The van der Waals surface area contributed by atoms with Crippen LogP contribution in [0.25, 0.3) is 0 Å². The second-order valence-electron chi connectivity index (χ2n) is 6.95. The van der Waals surface area contributed by atoms with Crippen LogP contribution in [0.4, 0.5) is 31.9 Å². The molecule has 0 bridgehead atoms. The van der Waals surface area contributed by atoms with E-state index < -0.39 is 28.5 Å². The highest BCUT2D eigenvalue weighted by molar-refractivity contribution is 6.00. The van der Waals surface area contributed by atoms with Gasteiger partial charge in [0.2, 0.25) is 17.6 Å². The van der Waals surface area contributed by atoms with Crippen molar-refractivity contribution in [2.45, 2.75) is 25.8 Å². The number of urea groups is 1. The van der Waals surface area contributed by atoms with E-state index in [0.717, 1.165) is 12.1 Å². The zero-order valence-electron chi connectivity index (χ0n) is 16.6. The van der Waals surface area contributed by atoms with Crippen LogP contribution in [0.15, 0.2) is 42.5 Å². The van der Waals surface area contributed by atoms with Gasteiger partial charge in [-0.2, -0.15) is 4.39 Å². The zero-order valence-corrected chi connectivity index (χ0v) is 16.6. The van der Waals surface area contributed by atoms with E-state index in [-0.39, 0.29) is 17.5 Å². The standard InChI is InChI=1S/C20H20FN5O5/c1-12(27)22-13-4-6-14(7-5-13)23-19(28)17-3-2-10-25(17)20(29)24-15-8-9-16(21)18(11-15)26(30)31/h4-9,11,17H,2-3,10H2,1H3,(H,22,27)(H,23,28)(H,24,29)/t17-/m1/s1. The molecule has 2 aromatic carbocycles. The van der Waals surface area contributed by atoms with Crippen LogP contribution in [-0.4, -0.2) is 40.3 Å². The number of nitrogens with one attached hydrogen (secondary N) is 3. The molecule has 2 aromatic rings. The Labute approximate surface area is 176 Å². The number of nitro benzene ring substituents is 1. The lowest BCUT2D eigenvalue weighted by Crippen LogP contribution is -2.45. The first-order chi connectivity index (χ1) is 14.7. The van der Waals surface area contributed by atoms with E-state index in [1.54, 1.807) is 24.3 Å². The van der Waals surface area contributed by atoms with Gasteiger partial charge < -0.3 is 20.9 Å². The number of carbonyl (C=O) groups excluding carboxylic acids is 3. The molecule has 0 saturated carbocycles. The van der Waals surface area contributed by atoms with Gasteiger partial charge in [-0.1, -0.05) is 0 Å². The molecule has 1 atom stereocenters. The first-order valence-electron chi connectivity index (χ1n) is 9.44. The molecule has 1 aliphatic rings. The summed E-state index contributed by atoms with van der Waals surface area (Å²) in [6.45, 7) is 1.72. The van der Waals surface area contributed by atoms with E-state index in [9.17, 15) is 28.9 Å². The number of anilines is 3. The number of halogens is 1. The number of likely N-dealkylation sites (tertiary alicyclic amines) is 1. The fourth-order valence-corrected chi connectivity index (χ4v) is 3.27. The normalized spacial score (nSPS) is 15.3. The SMILES string of the molecule is CC(=O)Nc1ccc(NC(=O)[C@H]2CCCN2C(=O)Nc2ccc(F)c([N+](=O)[O-])c2)cc1. The molecule has 3 rings (SSSR count). The van der Waals surface area contributed by atoms with E-state index in [1.165, 1.54) is 17.9 Å². The topological polar surface area (TPSA) is 134 Å². The van der Waals surface area contributed by atoms with Gasteiger partial charge in [0.05, 0.1) is 4.92 Å². The zero-order chi connectivity index (χ0) is 22.5. The second-order valence-corrected chi connectivity index (χ2v) is 6.95. The van der Waals surface area contributed by atoms with Crippen molar-refractivity contribution in [3.05, 3.63) is 58.4 Å².